The molecule has 1 amide bonds. The van der Waals surface area contributed by atoms with E-state index < -0.39 is 11.7 Å². The Balaban J connectivity index is 2.00. The van der Waals surface area contributed by atoms with Gasteiger partial charge < -0.3 is 14.8 Å². The number of hydrogen-bond acceptors (Lipinski definition) is 4. The van der Waals surface area contributed by atoms with Crippen LogP contribution in [0.15, 0.2) is 33.5 Å². The number of amides is 1. The normalized spacial score (nSPS) is 12.2. The molecular weight excluding hydrogens is 276 g/mol. The number of para-hydroxylation sites is 2. The van der Waals surface area contributed by atoms with Gasteiger partial charge in [0.1, 0.15) is 6.54 Å². The van der Waals surface area contributed by atoms with Crippen LogP contribution in [0.2, 0.25) is 0 Å². The molecule has 2 N–H and O–H groups in total. The van der Waals surface area contributed by atoms with E-state index in [0.29, 0.717) is 11.1 Å². The average Bonchev–Trinajstić information content (AvgIpc) is 2.72. The molecule has 0 fully saturated rings. The van der Waals surface area contributed by atoms with Crippen molar-refractivity contribution < 1.29 is 19.1 Å². The smallest absolute Gasteiger partial charge is 0.420 e. The van der Waals surface area contributed by atoms with Crippen LogP contribution in [0.25, 0.3) is 11.1 Å². The van der Waals surface area contributed by atoms with Crippen molar-refractivity contribution in [2.75, 3.05) is 6.54 Å². The van der Waals surface area contributed by atoms with E-state index in [1.807, 2.05) is 0 Å². The van der Waals surface area contributed by atoms with Crippen LogP contribution in [-0.4, -0.2) is 28.1 Å². The van der Waals surface area contributed by atoms with Crippen LogP contribution in [0, 0.1) is 5.92 Å². The van der Waals surface area contributed by atoms with Crippen LogP contribution >= 0.6 is 0 Å². The van der Waals surface area contributed by atoms with Gasteiger partial charge in [0, 0.05) is 13.0 Å². The number of carboxylic acid groups (broad SMARTS) is 1. The molecule has 2 rings (SSSR count). The van der Waals surface area contributed by atoms with Gasteiger partial charge in [0.05, 0.1) is 5.52 Å². The monoisotopic (exact) mass is 292 g/mol. The van der Waals surface area contributed by atoms with Gasteiger partial charge >= 0.3 is 11.7 Å². The van der Waals surface area contributed by atoms with Gasteiger partial charge in [-0.1, -0.05) is 19.1 Å². The third kappa shape index (κ3) is 3.71. The third-order valence-corrected chi connectivity index (χ3v) is 3.05. The predicted octanol–water partition coefficient (Wildman–Crippen LogP) is 0.821. The maximum Gasteiger partial charge on any atom is 0.420 e. The molecule has 7 nitrogen and oxygen atoms in total. The number of carbonyl (C=O) groups is 2. The summed E-state index contributed by atoms with van der Waals surface area (Å²) in [5.41, 5.74) is 0.978. The second-order valence-corrected chi connectivity index (χ2v) is 4.93. The molecule has 0 aliphatic rings. The zero-order chi connectivity index (χ0) is 15.4. The molecule has 1 atom stereocenters. The number of fused-ring (bicyclic) bond motifs is 1. The van der Waals surface area contributed by atoms with Crippen LogP contribution in [0.5, 0.6) is 0 Å². The van der Waals surface area contributed by atoms with Crippen molar-refractivity contribution in [3.8, 4) is 0 Å². The number of nitrogens with one attached hydrogen (secondary N) is 1. The first-order valence-corrected chi connectivity index (χ1v) is 6.54. The number of rotatable bonds is 6. The van der Waals surface area contributed by atoms with Gasteiger partial charge in [0.25, 0.3) is 0 Å². The van der Waals surface area contributed by atoms with Crippen molar-refractivity contribution in [1.29, 1.82) is 0 Å². The van der Waals surface area contributed by atoms with E-state index in [9.17, 15) is 14.4 Å². The van der Waals surface area contributed by atoms with Crippen LogP contribution in [0.3, 0.4) is 0 Å². The maximum absolute atomic E-state index is 11.8. The van der Waals surface area contributed by atoms with Gasteiger partial charge in [0.2, 0.25) is 5.91 Å². The molecule has 0 saturated carbocycles. The van der Waals surface area contributed by atoms with Crippen molar-refractivity contribution in [3.05, 3.63) is 34.8 Å². The highest BCUT2D eigenvalue weighted by Gasteiger charge is 2.13. The Morgan fingerprint density at radius 1 is 1.38 bits per heavy atom. The molecule has 7 heteroatoms. The topological polar surface area (TPSA) is 102 Å². The summed E-state index contributed by atoms with van der Waals surface area (Å²) in [4.78, 5) is 34.1. The number of carbonyl (C=O) groups excluding carboxylic acids is 1. The van der Waals surface area contributed by atoms with Gasteiger partial charge in [-0.25, -0.2) is 4.79 Å². The number of hydrogen-bond donors (Lipinski definition) is 2. The van der Waals surface area contributed by atoms with Crippen LogP contribution < -0.4 is 11.1 Å². The van der Waals surface area contributed by atoms with Crippen molar-refractivity contribution in [3.63, 3.8) is 0 Å². The fourth-order valence-electron chi connectivity index (χ4n) is 2.02. The van der Waals surface area contributed by atoms with Crippen LogP contribution in [-0.2, 0) is 16.1 Å². The largest absolute Gasteiger partial charge is 0.481 e. The fraction of sp³-hybridized carbons (Fsp3) is 0.357. The fourth-order valence-corrected chi connectivity index (χ4v) is 2.02. The number of aliphatic carboxylic acids is 1. The Hall–Kier alpha value is -2.57. The van der Waals surface area contributed by atoms with Gasteiger partial charge in [-0.3, -0.25) is 14.2 Å². The maximum atomic E-state index is 11.8. The molecule has 0 spiro atoms. The number of aromatic nitrogens is 1. The molecule has 1 aromatic heterocycles. The highest BCUT2D eigenvalue weighted by molar-refractivity contribution is 5.79. The summed E-state index contributed by atoms with van der Waals surface area (Å²) < 4.78 is 6.27. The minimum atomic E-state index is -0.909. The van der Waals surface area contributed by atoms with Crippen molar-refractivity contribution in [2.24, 2.45) is 5.92 Å². The molecule has 1 heterocycles. The molecule has 0 bridgehead atoms. The molecule has 0 saturated heterocycles. The Morgan fingerprint density at radius 2 is 2.10 bits per heavy atom. The first-order chi connectivity index (χ1) is 9.97. The van der Waals surface area contributed by atoms with Crippen molar-refractivity contribution in [1.82, 2.24) is 9.88 Å². The summed E-state index contributed by atoms with van der Waals surface area (Å²) in [7, 11) is 0. The lowest BCUT2D eigenvalue weighted by Crippen LogP contribution is -2.34. The lowest BCUT2D eigenvalue weighted by Gasteiger charge is -2.10. The summed E-state index contributed by atoms with van der Waals surface area (Å²) in [6, 6.07) is 6.84. The SMILES string of the molecule is CC(CNC(=O)Cn1c(=O)oc2ccccc21)CC(=O)O. The summed E-state index contributed by atoms with van der Waals surface area (Å²) in [6.07, 6.45) is -0.0190. The number of oxazole rings is 1. The predicted molar refractivity (Wildman–Crippen MR) is 74.9 cm³/mol. The minimum absolute atomic E-state index is 0.0190. The molecule has 1 aromatic carbocycles. The summed E-state index contributed by atoms with van der Waals surface area (Å²) >= 11 is 0. The second kappa shape index (κ2) is 6.25. The van der Waals surface area contributed by atoms with E-state index in [1.54, 1.807) is 31.2 Å². The van der Waals surface area contributed by atoms with E-state index in [1.165, 1.54) is 4.57 Å². The van der Waals surface area contributed by atoms with Crippen LogP contribution in [0.4, 0.5) is 0 Å². The standard InChI is InChI=1S/C14H16N2O5/c1-9(6-13(18)19)7-15-12(17)8-16-10-4-2-3-5-11(10)21-14(16)20/h2-5,9H,6-8H2,1H3,(H,15,17)(H,18,19). The first-order valence-electron chi connectivity index (χ1n) is 6.54. The Morgan fingerprint density at radius 3 is 2.81 bits per heavy atom. The molecule has 0 aliphatic heterocycles. The van der Waals surface area contributed by atoms with Crippen molar-refractivity contribution in [2.45, 2.75) is 19.9 Å². The minimum Gasteiger partial charge on any atom is -0.481 e. The number of carboxylic acids is 1. The van der Waals surface area contributed by atoms with Gasteiger partial charge in [-0.15, -0.1) is 0 Å². The molecule has 0 aliphatic carbocycles. The Kier molecular flexibility index (Phi) is 4.42. The van der Waals surface area contributed by atoms with Gasteiger partial charge in [0.15, 0.2) is 5.58 Å². The molecular formula is C14H16N2O5. The lowest BCUT2D eigenvalue weighted by molar-refractivity contribution is -0.138. The second-order valence-electron chi connectivity index (χ2n) is 4.93. The highest BCUT2D eigenvalue weighted by atomic mass is 16.4. The van der Waals surface area contributed by atoms with Gasteiger partial charge in [-0.2, -0.15) is 0 Å². The zero-order valence-corrected chi connectivity index (χ0v) is 11.5. The summed E-state index contributed by atoms with van der Waals surface area (Å²) in [5, 5.41) is 11.3. The zero-order valence-electron chi connectivity index (χ0n) is 11.5. The van der Waals surface area contributed by atoms with E-state index in [4.69, 9.17) is 9.52 Å². The Labute approximate surface area is 120 Å². The quantitative estimate of drug-likeness (QED) is 0.820. The molecule has 1 unspecified atom stereocenters. The molecule has 112 valence electrons. The first kappa shape index (κ1) is 14.8. The van der Waals surface area contributed by atoms with Gasteiger partial charge in [-0.05, 0) is 18.1 Å². The molecule has 0 radical (unpaired) electrons. The number of benzene rings is 1. The summed E-state index contributed by atoms with van der Waals surface area (Å²) in [6.45, 7) is 1.82. The van der Waals surface area contributed by atoms with E-state index in [0.717, 1.165) is 0 Å². The Bertz CT molecular complexity index is 715. The summed E-state index contributed by atoms with van der Waals surface area (Å²) in [5.74, 6) is -2.04. The van der Waals surface area contributed by atoms with E-state index in [2.05, 4.69) is 5.32 Å². The number of nitrogens with zero attached hydrogens (tertiary/aromatic N) is 1. The average molecular weight is 292 g/mol. The highest BCUT2D eigenvalue weighted by Crippen LogP contribution is 2.11. The van der Waals surface area contributed by atoms with Crippen LogP contribution in [0.1, 0.15) is 13.3 Å². The van der Waals surface area contributed by atoms with Crippen molar-refractivity contribution >= 4 is 23.0 Å². The van der Waals surface area contributed by atoms with E-state index in [-0.39, 0.29) is 31.3 Å². The van der Waals surface area contributed by atoms with E-state index >= 15 is 0 Å². The molecule has 21 heavy (non-hydrogen) atoms. The molecule has 2 aromatic rings. The third-order valence-electron chi connectivity index (χ3n) is 3.05. The lowest BCUT2D eigenvalue weighted by atomic mass is 10.1.